The van der Waals surface area contributed by atoms with Crippen molar-refractivity contribution in [3.63, 3.8) is 0 Å². The van der Waals surface area contributed by atoms with E-state index in [9.17, 15) is 13.2 Å². The van der Waals surface area contributed by atoms with E-state index in [-0.39, 0.29) is 22.6 Å². The molecule has 0 saturated carbocycles. The summed E-state index contributed by atoms with van der Waals surface area (Å²) < 4.78 is 32.6. The van der Waals surface area contributed by atoms with Gasteiger partial charge in [-0.25, -0.2) is 17.9 Å². The average Bonchev–Trinajstić information content (AvgIpc) is 2.36. The number of aromatic carboxylic acids is 1. The van der Waals surface area contributed by atoms with Gasteiger partial charge in [-0.1, -0.05) is 0 Å². The molecule has 3 N–H and O–H groups in total. The number of rotatable bonds is 7. The van der Waals surface area contributed by atoms with Crippen LogP contribution in [0.2, 0.25) is 0 Å². The topological polar surface area (TPSA) is 105 Å². The number of nitrogens with one attached hydrogen (secondary N) is 2. The zero-order valence-corrected chi connectivity index (χ0v) is 14.8. The number of anilines is 1. The fourth-order valence-electron chi connectivity index (χ4n) is 2.00. The lowest BCUT2D eigenvalue weighted by Crippen LogP contribution is -2.36. The Morgan fingerprint density at radius 3 is 2.43 bits per heavy atom. The van der Waals surface area contributed by atoms with Crippen LogP contribution in [0, 0.1) is 0 Å². The van der Waals surface area contributed by atoms with Crippen molar-refractivity contribution in [2.45, 2.75) is 44.2 Å². The summed E-state index contributed by atoms with van der Waals surface area (Å²) in [6, 6.07) is 3.54. The lowest BCUT2D eigenvalue weighted by molar-refractivity contribution is 0.0696. The lowest BCUT2D eigenvalue weighted by atomic mass is 10.1. The van der Waals surface area contributed by atoms with Gasteiger partial charge in [0, 0.05) is 18.7 Å². The Bertz CT molecular complexity index is 665. The van der Waals surface area contributed by atoms with Crippen molar-refractivity contribution >= 4 is 21.7 Å². The first-order valence-corrected chi connectivity index (χ1v) is 8.61. The summed E-state index contributed by atoms with van der Waals surface area (Å²) in [6.45, 7) is 7.53. The predicted molar refractivity (Wildman–Crippen MR) is 88.4 cm³/mol. The first-order valence-electron chi connectivity index (χ1n) is 7.13. The van der Waals surface area contributed by atoms with Gasteiger partial charge in [0.1, 0.15) is 4.90 Å². The van der Waals surface area contributed by atoms with E-state index >= 15 is 0 Å². The van der Waals surface area contributed by atoms with E-state index in [0.717, 1.165) is 6.07 Å². The molecule has 0 aliphatic heterocycles. The van der Waals surface area contributed by atoms with Crippen LogP contribution in [-0.4, -0.2) is 44.8 Å². The molecule has 0 amide bonds. The van der Waals surface area contributed by atoms with E-state index in [1.165, 1.54) is 19.2 Å². The second-order valence-corrected chi connectivity index (χ2v) is 8.05. The van der Waals surface area contributed by atoms with Crippen LogP contribution < -0.4 is 10.0 Å². The smallest absolute Gasteiger partial charge is 0.335 e. The quantitative estimate of drug-likeness (QED) is 0.698. The Balaban J connectivity index is 3.33. The summed E-state index contributed by atoms with van der Waals surface area (Å²) >= 11 is 0. The van der Waals surface area contributed by atoms with Crippen molar-refractivity contribution in [3.05, 3.63) is 23.8 Å². The second kappa shape index (κ2) is 7.29. The van der Waals surface area contributed by atoms with Crippen LogP contribution in [0.1, 0.15) is 38.1 Å². The highest BCUT2D eigenvalue weighted by Crippen LogP contribution is 2.26. The normalized spacial score (nSPS) is 13.6. The van der Waals surface area contributed by atoms with Gasteiger partial charge in [-0.05, 0) is 45.9 Å². The molecule has 0 aromatic heterocycles. The molecule has 1 rings (SSSR count). The van der Waals surface area contributed by atoms with Gasteiger partial charge in [0.15, 0.2) is 0 Å². The summed E-state index contributed by atoms with van der Waals surface area (Å²) in [5.74, 6) is -1.19. The van der Waals surface area contributed by atoms with Crippen LogP contribution in [0.25, 0.3) is 0 Å². The van der Waals surface area contributed by atoms with Crippen LogP contribution >= 0.6 is 0 Å². The minimum Gasteiger partial charge on any atom is -0.478 e. The van der Waals surface area contributed by atoms with Gasteiger partial charge in [-0.15, -0.1) is 0 Å². The number of hydrogen-bond donors (Lipinski definition) is 3. The summed E-state index contributed by atoms with van der Waals surface area (Å²) in [5, 5.41) is 12.2. The van der Waals surface area contributed by atoms with Crippen molar-refractivity contribution in [1.82, 2.24) is 4.72 Å². The summed E-state index contributed by atoms with van der Waals surface area (Å²) in [6.07, 6.45) is 0. The molecule has 23 heavy (non-hydrogen) atoms. The molecule has 0 saturated heterocycles. The van der Waals surface area contributed by atoms with Crippen molar-refractivity contribution in [2.75, 3.05) is 19.0 Å². The zero-order chi connectivity index (χ0) is 17.8. The molecule has 1 aromatic carbocycles. The maximum absolute atomic E-state index is 12.6. The standard InChI is InChI=1S/C15H24N2O5S/c1-10(9-22-5)17-23(20,21)13-8-11(14(18)19)6-7-12(13)16-15(2,3)4/h6-8,10,16-17H,9H2,1-5H3,(H,18,19)/t10-/m1/s1. The average molecular weight is 344 g/mol. The van der Waals surface area contributed by atoms with Crippen molar-refractivity contribution in [3.8, 4) is 0 Å². The van der Waals surface area contributed by atoms with Crippen molar-refractivity contribution < 1.29 is 23.1 Å². The molecule has 0 radical (unpaired) electrons. The summed E-state index contributed by atoms with van der Waals surface area (Å²) in [4.78, 5) is 11.0. The highest BCUT2D eigenvalue weighted by Gasteiger charge is 2.24. The van der Waals surface area contributed by atoms with Crippen molar-refractivity contribution in [1.29, 1.82) is 0 Å². The number of benzene rings is 1. The van der Waals surface area contributed by atoms with Gasteiger partial charge in [-0.2, -0.15) is 0 Å². The van der Waals surface area contributed by atoms with Gasteiger partial charge in [0.25, 0.3) is 0 Å². The number of carbonyl (C=O) groups is 1. The summed E-state index contributed by atoms with van der Waals surface area (Å²) in [7, 11) is -2.42. The predicted octanol–water partition coefficient (Wildman–Crippen LogP) is 1.91. The van der Waals surface area contributed by atoms with E-state index in [2.05, 4.69) is 10.0 Å². The van der Waals surface area contributed by atoms with E-state index in [4.69, 9.17) is 9.84 Å². The Morgan fingerprint density at radius 2 is 1.96 bits per heavy atom. The second-order valence-electron chi connectivity index (χ2n) is 6.37. The zero-order valence-electron chi connectivity index (χ0n) is 14.0. The monoisotopic (exact) mass is 344 g/mol. The minimum atomic E-state index is -3.90. The fraction of sp³-hybridized carbons (Fsp3) is 0.533. The number of ether oxygens (including phenoxy) is 1. The van der Waals surface area contributed by atoms with Crippen molar-refractivity contribution in [2.24, 2.45) is 0 Å². The highest BCUT2D eigenvalue weighted by atomic mass is 32.2. The molecule has 0 aliphatic carbocycles. The summed E-state index contributed by atoms with van der Waals surface area (Å²) in [5.41, 5.74) is -0.128. The van der Waals surface area contributed by atoms with E-state index in [0.29, 0.717) is 5.69 Å². The largest absolute Gasteiger partial charge is 0.478 e. The molecule has 0 fully saturated rings. The Kier molecular flexibility index (Phi) is 6.15. The van der Waals surface area contributed by atoms with Gasteiger partial charge in [0.2, 0.25) is 10.0 Å². The molecule has 0 heterocycles. The van der Waals surface area contributed by atoms with Crippen LogP contribution in [0.3, 0.4) is 0 Å². The Labute approximate surface area is 137 Å². The maximum atomic E-state index is 12.6. The molecule has 0 spiro atoms. The van der Waals surface area contributed by atoms with E-state index in [1.54, 1.807) is 6.92 Å². The number of hydrogen-bond acceptors (Lipinski definition) is 5. The lowest BCUT2D eigenvalue weighted by Gasteiger charge is -2.25. The third-order valence-electron chi connectivity index (χ3n) is 2.80. The molecule has 1 atom stereocenters. The molecule has 130 valence electrons. The number of sulfonamides is 1. The Morgan fingerprint density at radius 1 is 1.35 bits per heavy atom. The molecular formula is C15H24N2O5S. The molecule has 8 heteroatoms. The SMILES string of the molecule is COC[C@@H](C)NS(=O)(=O)c1cc(C(=O)O)ccc1NC(C)(C)C. The van der Waals surface area contributed by atoms with E-state index in [1.807, 2.05) is 20.8 Å². The molecule has 1 aromatic rings. The molecule has 0 aliphatic rings. The first-order chi connectivity index (χ1) is 10.5. The maximum Gasteiger partial charge on any atom is 0.335 e. The third kappa shape index (κ3) is 5.81. The minimum absolute atomic E-state index is 0.0933. The third-order valence-corrected chi connectivity index (χ3v) is 4.43. The first kappa shape index (κ1) is 19.4. The highest BCUT2D eigenvalue weighted by molar-refractivity contribution is 7.89. The van der Waals surface area contributed by atoms with Crippen LogP contribution in [0.15, 0.2) is 23.1 Å². The number of carboxylic acids is 1. The van der Waals surface area contributed by atoms with Crippen LogP contribution in [-0.2, 0) is 14.8 Å². The molecule has 0 unspecified atom stereocenters. The van der Waals surface area contributed by atoms with Gasteiger partial charge in [0.05, 0.1) is 17.9 Å². The van der Waals surface area contributed by atoms with Gasteiger partial charge < -0.3 is 15.2 Å². The molecule has 7 nitrogen and oxygen atoms in total. The molecule has 0 bridgehead atoms. The number of carboxylic acid groups (broad SMARTS) is 1. The van der Waals surface area contributed by atoms with Crippen LogP contribution in [0.4, 0.5) is 5.69 Å². The van der Waals surface area contributed by atoms with Gasteiger partial charge >= 0.3 is 5.97 Å². The molecular weight excluding hydrogens is 320 g/mol. The van der Waals surface area contributed by atoms with Crippen LogP contribution in [0.5, 0.6) is 0 Å². The Hall–Kier alpha value is -1.64. The number of methoxy groups -OCH3 is 1. The van der Waals surface area contributed by atoms with Gasteiger partial charge in [-0.3, -0.25) is 0 Å². The van der Waals surface area contributed by atoms with E-state index < -0.39 is 22.0 Å². The fourth-order valence-corrected chi connectivity index (χ4v) is 3.41.